The fraction of sp³-hybridized carbons (Fsp3) is 0.900. The number of nitrogens with zero attached hydrogens (tertiary/aromatic N) is 1. The minimum Gasteiger partial charge on any atom is -0.396 e. The number of hydrogen-bond acceptors (Lipinski definition) is 3. The van der Waals surface area contributed by atoms with Gasteiger partial charge in [0.05, 0.1) is 5.92 Å². The number of hydrogen-bond donors (Lipinski definition) is 2. The molecule has 0 aromatic heterocycles. The lowest BCUT2D eigenvalue weighted by atomic mass is 10.1. The molecule has 1 rings (SSSR count). The van der Waals surface area contributed by atoms with Crippen LogP contribution in [-0.4, -0.2) is 48.7 Å². The van der Waals surface area contributed by atoms with Gasteiger partial charge in [0, 0.05) is 26.2 Å². The van der Waals surface area contributed by atoms with Crippen LogP contribution in [0.5, 0.6) is 0 Å². The Kier molecular flexibility index (Phi) is 4.90. The molecule has 1 saturated heterocycles. The van der Waals surface area contributed by atoms with Gasteiger partial charge in [-0.1, -0.05) is 0 Å². The van der Waals surface area contributed by atoms with Crippen molar-refractivity contribution in [2.45, 2.75) is 19.8 Å². The third-order valence-corrected chi connectivity index (χ3v) is 2.69. The number of aliphatic hydroxyl groups is 1. The molecule has 1 heterocycles. The van der Waals surface area contributed by atoms with Gasteiger partial charge in [0.25, 0.3) is 0 Å². The normalized spacial score (nSPS) is 21.1. The van der Waals surface area contributed by atoms with Crippen LogP contribution in [0.25, 0.3) is 0 Å². The highest BCUT2D eigenvalue weighted by atomic mass is 16.3. The van der Waals surface area contributed by atoms with Gasteiger partial charge in [-0.05, 0) is 26.3 Å². The van der Waals surface area contributed by atoms with Gasteiger partial charge in [0.2, 0.25) is 5.91 Å². The second-order valence-corrected chi connectivity index (χ2v) is 3.68. The van der Waals surface area contributed by atoms with Crippen LogP contribution < -0.4 is 5.32 Å². The third kappa shape index (κ3) is 2.96. The molecule has 0 saturated carbocycles. The molecule has 82 valence electrons. The number of nitrogens with one attached hydrogen (secondary N) is 1. The number of carbonyl (C=O) groups is 1. The van der Waals surface area contributed by atoms with Crippen LogP contribution in [0.4, 0.5) is 0 Å². The second-order valence-electron chi connectivity index (χ2n) is 3.68. The maximum absolute atomic E-state index is 11.9. The minimum absolute atomic E-state index is 0.159. The van der Waals surface area contributed by atoms with Crippen molar-refractivity contribution in [2.75, 3.05) is 32.8 Å². The molecule has 2 N–H and O–H groups in total. The van der Waals surface area contributed by atoms with E-state index in [0.717, 1.165) is 26.1 Å². The second kappa shape index (κ2) is 5.98. The Labute approximate surface area is 85.3 Å². The zero-order chi connectivity index (χ0) is 10.4. The maximum atomic E-state index is 11.9. The molecular formula is C10H20N2O2. The third-order valence-electron chi connectivity index (χ3n) is 2.69. The molecule has 14 heavy (non-hydrogen) atoms. The molecule has 4 heteroatoms. The average molecular weight is 200 g/mol. The molecule has 0 bridgehead atoms. The van der Waals surface area contributed by atoms with Gasteiger partial charge >= 0.3 is 0 Å². The van der Waals surface area contributed by atoms with Crippen LogP contribution in [0.2, 0.25) is 0 Å². The molecule has 4 nitrogen and oxygen atoms in total. The number of carbonyl (C=O) groups excluding carboxylic acids is 1. The predicted molar refractivity (Wildman–Crippen MR) is 54.9 cm³/mol. The van der Waals surface area contributed by atoms with Crippen LogP contribution in [-0.2, 0) is 4.79 Å². The Morgan fingerprint density at radius 2 is 2.43 bits per heavy atom. The Morgan fingerprint density at radius 1 is 1.64 bits per heavy atom. The molecule has 0 spiro atoms. The first-order valence-corrected chi connectivity index (χ1v) is 5.40. The van der Waals surface area contributed by atoms with Gasteiger partial charge in [-0.2, -0.15) is 0 Å². The lowest BCUT2D eigenvalue weighted by Crippen LogP contribution is -2.37. The standard InChI is InChI=1S/C10H20N2O2/c1-2-12(6-3-7-13)10(14)9-4-5-11-8-9/h9,11,13H,2-8H2,1H3. The van der Waals surface area contributed by atoms with Crippen LogP contribution in [0.1, 0.15) is 19.8 Å². The molecule has 0 radical (unpaired) electrons. The fourth-order valence-electron chi connectivity index (χ4n) is 1.81. The Balaban J connectivity index is 2.37. The zero-order valence-corrected chi connectivity index (χ0v) is 8.83. The van der Waals surface area contributed by atoms with E-state index in [1.165, 1.54) is 0 Å². The van der Waals surface area contributed by atoms with Gasteiger partial charge in [0.15, 0.2) is 0 Å². The Morgan fingerprint density at radius 3 is 2.93 bits per heavy atom. The summed E-state index contributed by atoms with van der Waals surface area (Å²) in [5.74, 6) is 0.402. The van der Waals surface area contributed by atoms with Gasteiger partial charge < -0.3 is 15.3 Å². The van der Waals surface area contributed by atoms with Crippen molar-refractivity contribution in [3.8, 4) is 0 Å². The van der Waals surface area contributed by atoms with Crippen molar-refractivity contribution in [1.29, 1.82) is 0 Å². The number of rotatable bonds is 5. The molecule has 0 aromatic rings. The topological polar surface area (TPSA) is 52.6 Å². The summed E-state index contributed by atoms with van der Waals surface area (Å²) in [7, 11) is 0. The molecule has 1 atom stereocenters. The Bertz CT molecular complexity index is 179. The van der Waals surface area contributed by atoms with E-state index in [1.54, 1.807) is 0 Å². The summed E-state index contributed by atoms with van der Waals surface area (Å²) in [6, 6.07) is 0. The van der Waals surface area contributed by atoms with Gasteiger partial charge in [-0.15, -0.1) is 0 Å². The van der Waals surface area contributed by atoms with Gasteiger partial charge in [-0.25, -0.2) is 0 Å². The SMILES string of the molecule is CCN(CCCO)C(=O)C1CCNC1. The quantitative estimate of drug-likeness (QED) is 0.647. The summed E-state index contributed by atoms with van der Waals surface area (Å²) in [5, 5.41) is 11.9. The predicted octanol–water partition coefficient (Wildman–Crippen LogP) is -0.173. The Hall–Kier alpha value is -0.610. The molecule has 1 aliphatic rings. The monoisotopic (exact) mass is 200 g/mol. The van der Waals surface area contributed by atoms with E-state index in [9.17, 15) is 4.79 Å². The first kappa shape index (κ1) is 11.5. The highest BCUT2D eigenvalue weighted by Gasteiger charge is 2.25. The van der Waals surface area contributed by atoms with Crippen molar-refractivity contribution >= 4 is 5.91 Å². The van der Waals surface area contributed by atoms with Crippen molar-refractivity contribution in [3.63, 3.8) is 0 Å². The van der Waals surface area contributed by atoms with Crippen LogP contribution in [0, 0.1) is 5.92 Å². The summed E-state index contributed by atoms with van der Waals surface area (Å²) < 4.78 is 0. The van der Waals surface area contributed by atoms with Crippen molar-refractivity contribution < 1.29 is 9.90 Å². The van der Waals surface area contributed by atoms with Gasteiger partial charge in [-0.3, -0.25) is 4.79 Å². The summed E-state index contributed by atoms with van der Waals surface area (Å²) in [5.41, 5.74) is 0. The van der Waals surface area contributed by atoms with Crippen LogP contribution >= 0.6 is 0 Å². The van der Waals surface area contributed by atoms with E-state index in [2.05, 4.69) is 5.32 Å². The van der Waals surface area contributed by atoms with Gasteiger partial charge in [0.1, 0.15) is 0 Å². The summed E-state index contributed by atoms with van der Waals surface area (Å²) in [4.78, 5) is 13.7. The summed E-state index contributed by atoms with van der Waals surface area (Å²) in [6.07, 6.45) is 1.63. The average Bonchev–Trinajstić information content (AvgIpc) is 2.71. The highest BCUT2D eigenvalue weighted by Crippen LogP contribution is 2.11. The minimum atomic E-state index is 0.159. The lowest BCUT2D eigenvalue weighted by Gasteiger charge is -2.23. The molecule has 1 fully saturated rings. The van der Waals surface area contributed by atoms with Crippen molar-refractivity contribution in [3.05, 3.63) is 0 Å². The number of amides is 1. The molecular weight excluding hydrogens is 180 g/mol. The van der Waals surface area contributed by atoms with Crippen molar-refractivity contribution in [2.24, 2.45) is 5.92 Å². The molecule has 1 amide bonds. The lowest BCUT2D eigenvalue weighted by molar-refractivity contribution is -0.134. The van der Waals surface area contributed by atoms with Crippen LogP contribution in [0.3, 0.4) is 0 Å². The molecule has 0 aromatic carbocycles. The van der Waals surface area contributed by atoms with Crippen LogP contribution in [0.15, 0.2) is 0 Å². The summed E-state index contributed by atoms with van der Waals surface area (Å²) in [6.45, 7) is 5.34. The van der Waals surface area contributed by atoms with E-state index < -0.39 is 0 Å². The number of aliphatic hydroxyl groups excluding tert-OH is 1. The maximum Gasteiger partial charge on any atom is 0.227 e. The first-order valence-electron chi connectivity index (χ1n) is 5.40. The van der Waals surface area contributed by atoms with Crippen molar-refractivity contribution in [1.82, 2.24) is 10.2 Å². The molecule has 1 aliphatic heterocycles. The zero-order valence-electron chi connectivity index (χ0n) is 8.83. The first-order chi connectivity index (χ1) is 6.79. The smallest absolute Gasteiger partial charge is 0.227 e. The fourth-order valence-corrected chi connectivity index (χ4v) is 1.81. The van der Waals surface area contributed by atoms with E-state index in [1.807, 2.05) is 11.8 Å². The largest absolute Gasteiger partial charge is 0.396 e. The summed E-state index contributed by atoms with van der Waals surface area (Å²) >= 11 is 0. The van der Waals surface area contributed by atoms with E-state index >= 15 is 0 Å². The molecule has 0 aliphatic carbocycles. The van der Waals surface area contributed by atoms with E-state index in [4.69, 9.17) is 5.11 Å². The van der Waals surface area contributed by atoms with E-state index in [-0.39, 0.29) is 18.4 Å². The molecule has 1 unspecified atom stereocenters. The van der Waals surface area contributed by atoms with E-state index in [0.29, 0.717) is 13.0 Å². The highest BCUT2D eigenvalue weighted by molar-refractivity contribution is 5.79.